The molecule has 3 N–H and O–H groups in total. The molecule has 1 fully saturated rings. The van der Waals surface area contributed by atoms with Crippen molar-refractivity contribution in [2.75, 3.05) is 32.5 Å². The Kier molecular flexibility index (Phi) is 8.55. The third-order valence-electron chi connectivity index (χ3n) is 4.87. The number of alkyl carbamates (subject to hydrolysis) is 1. The maximum absolute atomic E-state index is 12.5. The molecule has 1 aromatic heterocycles. The van der Waals surface area contributed by atoms with Gasteiger partial charge in [0.05, 0.1) is 12.1 Å². The number of aryl methyl sites for hydroxylation is 1. The predicted octanol–water partition coefficient (Wildman–Crippen LogP) is 0.0271. The molecule has 2 heterocycles. The van der Waals surface area contributed by atoms with Crippen molar-refractivity contribution >= 4 is 35.5 Å². The van der Waals surface area contributed by atoms with Gasteiger partial charge in [-0.3, -0.25) is 19.2 Å². The molecule has 12 nitrogen and oxygen atoms in total. The Labute approximate surface area is 198 Å². The fourth-order valence-electron chi connectivity index (χ4n) is 3.19. The summed E-state index contributed by atoms with van der Waals surface area (Å²) < 4.78 is 5.28. The molecule has 0 unspecified atom stereocenters. The molecule has 0 saturated carbocycles. The van der Waals surface area contributed by atoms with Crippen LogP contribution in [0, 0.1) is 6.92 Å². The molecule has 5 amide bonds. The van der Waals surface area contributed by atoms with Gasteiger partial charge >= 0.3 is 29.7 Å². The van der Waals surface area contributed by atoms with Crippen molar-refractivity contribution in [2.24, 2.45) is 0 Å². The molecular formula is C22H32N6O6. The second-order valence-corrected chi connectivity index (χ2v) is 9.25. The number of hydrogen-bond donors (Lipinski definition) is 3. The fourth-order valence-corrected chi connectivity index (χ4v) is 3.19. The summed E-state index contributed by atoms with van der Waals surface area (Å²) in [5.74, 6) is -3.06. The molecule has 1 aliphatic heterocycles. The zero-order valence-corrected chi connectivity index (χ0v) is 20.3. The normalized spacial score (nSPS) is 17.9. The van der Waals surface area contributed by atoms with E-state index in [4.69, 9.17) is 4.74 Å². The van der Waals surface area contributed by atoms with Gasteiger partial charge < -0.3 is 30.5 Å². The first-order valence-electron chi connectivity index (χ1n) is 10.8. The van der Waals surface area contributed by atoms with Crippen LogP contribution in [-0.2, 0) is 23.9 Å². The Morgan fingerprint density at radius 3 is 2.29 bits per heavy atom. The first-order valence-corrected chi connectivity index (χ1v) is 10.8. The highest BCUT2D eigenvalue weighted by Gasteiger charge is 2.37. The van der Waals surface area contributed by atoms with Gasteiger partial charge in [-0.2, -0.15) is 0 Å². The molecule has 186 valence electrons. The van der Waals surface area contributed by atoms with Gasteiger partial charge in [0, 0.05) is 33.4 Å². The van der Waals surface area contributed by atoms with Gasteiger partial charge in [0.25, 0.3) is 0 Å². The smallest absolute Gasteiger partial charge is 0.408 e. The van der Waals surface area contributed by atoms with Crippen molar-refractivity contribution in [1.29, 1.82) is 0 Å². The summed E-state index contributed by atoms with van der Waals surface area (Å²) in [6, 6.07) is 1.83. The minimum atomic E-state index is -0.924. The number of ether oxygens (including phenoxy) is 1. The maximum Gasteiger partial charge on any atom is 0.408 e. The van der Waals surface area contributed by atoms with Gasteiger partial charge in [0.2, 0.25) is 0 Å². The van der Waals surface area contributed by atoms with Crippen molar-refractivity contribution in [3.05, 3.63) is 23.9 Å². The maximum atomic E-state index is 12.5. The van der Waals surface area contributed by atoms with Gasteiger partial charge in [0.1, 0.15) is 11.4 Å². The molecule has 1 aliphatic rings. The number of piperidine rings is 1. The number of nitrogens with zero attached hydrogens (tertiary/aromatic N) is 3. The van der Waals surface area contributed by atoms with Crippen molar-refractivity contribution in [2.45, 2.75) is 51.8 Å². The summed E-state index contributed by atoms with van der Waals surface area (Å²) in [6.45, 7) is 7.03. The lowest BCUT2D eigenvalue weighted by Crippen LogP contribution is -2.63. The fraction of sp³-hybridized carbons (Fsp3) is 0.545. The highest BCUT2D eigenvalue weighted by Crippen LogP contribution is 2.15. The van der Waals surface area contributed by atoms with Crippen LogP contribution in [0.25, 0.3) is 0 Å². The van der Waals surface area contributed by atoms with E-state index in [9.17, 15) is 24.0 Å². The highest BCUT2D eigenvalue weighted by molar-refractivity contribution is 6.39. The topological polar surface area (TPSA) is 150 Å². The van der Waals surface area contributed by atoms with E-state index in [2.05, 4.69) is 20.9 Å². The van der Waals surface area contributed by atoms with Gasteiger partial charge in [-0.1, -0.05) is 6.07 Å². The van der Waals surface area contributed by atoms with E-state index < -0.39 is 47.4 Å². The van der Waals surface area contributed by atoms with Crippen LogP contribution in [0.5, 0.6) is 0 Å². The second-order valence-electron chi connectivity index (χ2n) is 9.25. The van der Waals surface area contributed by atoms with E-state index >= 15 is 0 Å². The molecule has 2 atom stereocenters. The Bertz CT molecular complexity index is 940. The molecule has 34 heavy (non-hydrogen) atoms. The number of amides is 5. The zero-order chi connectivity index (χ0) is 25.6. The van der Waals surface area contributed by atoms with Gasteiger partial charge in [-0.05, 0) is 45.7 Å². The monoisotopic (exact) mass is 476 g/mol. The van der Waals surface area contributed by atoms with Crippen LogP contribution >= 0.6 is 0 Å². The third kappa shape index (κ3) is 7.71. The minimum absolute atomic E-state index is 0.0518. The van der Waals surface area contributed by atoms with Crippen molar-refractivity contribution in [3.63, 3.8) is 0 Å². The molecule has 12 heteroatoms. The lowest BCUT2D eigenvalue weighted by Gasteiger charge is -2.39. The number of carbonyl (C=O) groups excluding carboxylic acids is 5. The van der Waals surface area contributed by atoms with Crippen molar-refractivity contribution in [3.8, 4) is 0 Å². The van der Waals surface area contributed by atoms with E-state index in [1.807, 2.05) is 6.92 Å². The number of aromatic nitrogens is 1. The Morgan fingerprint density at radius 1 is 1.06 bits per heavy atom. The number of nitrogens with one attached hydrogen (secondary N) is 3. The van der Waals surface area contributed by atoms with Crippen LogP contribution < -0.4 is 16.0 Å². The van der Waals surface area contributed by atoms with E-state index in [0.717, 1.165) is 10.5 Å². The molecule has 0 radical (unpaired) electrons. The van der Waals surface area contributed by atoms with Gasteiger partial charge in [0.15, 0.2) is 0 Å². The summed E-state index contributed by atoms with van der Waals surface area (Å²) in [5, 5.41) is 7.65. The van der Waals surface area contributed by atoms with Crippen LogP contribution in [0.15, 0.2) is 18.3 Å². The van der Waals surface area contributed by atoms with E-state index in [1.165, 1.54) is 19.0 Å². The van der Waals surface area contributed by atoms with Crippen LogP contribution in [-0.4, -0.2) is 89.4 Å². The van der Waals surface area contributed by atoms with Gasteiger partial charge in [-0.25, -0.2) is 9.78 Å². The molecule has 0 aliphatic carbocycles. The third-order valence-corrected chi connectivity index (χ3v) is 4.87. The quantitative estimate of drug-likeness (QED) is 0.521. The number of carbonyl (C=O) groups is 5. The Morgan fingerprint density at radius 2 is 1.74 bits per heavy atom. The first-order chi connectivity index (χ1) is 15.8. The predicted molar refractivity (Wildman–Crippen MR) is 123 cm³/mol. The summed E-state index contributed by atoms with van der Waals surface area (Å²) in [6.07, 6.45) is 1.00. The van der Waals surface area contributed by atoms with Gasteiger partial charge in [-0.15, -0.1) is 0 Å². The molecule has 1 saturated heterocycles. The molecule has 0 bridgehead atoms. The average Bonchev–Trinajstić information content (AvgIpc) is 2.73. The Hall–Kier alpha value is -3.70. The largest absolute Gasteiger partial charge is 0.444 e. The van der Waals surface area contributed by atoms with Crippen LogP contribution in [0.1, 0.15) is 32.8 Å². The number of rotatable bonds is 3. The number of anilines is 1. The standard InChI is InChI=1S/C22H32N6O6/c1-13-7-8-16(23-11-13)26-18(30)17(29)24-14-9-10-28(20(32)19(31)27(5)6)12-15(14)25-21(33)34-22(2,3)4/h7-8,11,14-15H,9-10,12H2,1-6H3,(H,24,29)(H,25,33)(H,23,26,30)/t14-,15+/m0/s1. The van der Waals surface area contributed by atoms with Crippen LogP contribution in [0.4, 0.5) is 10.6 Å². The van der Waals surface area contributed by atoms with Crippen LogP contribution in [0.3, 0.4) is 0 Å². The van der Waals surface area contributed by atoms with E-state index in [0.29, 0.717) is 0 Å². The lowest BCUT2D eigenvalue weighted by molar-refractivity contribution is -0.151. The number of hydrogen-bond acceptors (Lipinski definition) is 7. The zero-order valence-electron chi connectivity index (χ0n) is 20.3. The summed E-state index contributed by atoms with van der Waals surface area (Å²) in [5.41, 5.74) is 0.127. The molecular weight excluding hydrogens is 444 g/mol. The summed E-state index contributed by atoms with van der Waals surface area (Å²) >= 11 is 0. The highest BCUT2D eigenvalue weighted by atomic mass is 16.6. The van der Waals surface area contributed by atoms with Crippen molar-refractivity contribution in [1.82, 2.24) is 25.4 Å². The number of likely N-dealkylation sites (N-methyl/N-ethyl adjacent to an activating group) is 1. The first kappa shape index (κ1) is 26.6. The average molecular weight is 477 g/mol. The SMILES string of the molecule is Cc1ccc(NC(=O)C(=O)N[C@H]2CCN(C(=O)C(=O)N(C)C)C[C@H]2NC(=O)OC(C)(C)C)nc1. The molecule has 0 aromatic carbocycles. The number of pyridine rings is 1. The van der Waals surface area contributed by atoms with Crippen LogP contribution in [0.2, 0.25) is 0 Å². The summed E-state index contributed by atoms with van der Waals surface area (Å²) in [7, 11) is 2.93. The molecule has 2 rings (SSSR count). The van der Waals surface area contributed by atoms with E-state index in [-0.39, 0.29) is 25.3 Å². The second kappa shape index (κ2) is 10.9. The molecule has 1 aromatic rings. The van der Waals surface area contributed by atoms with Crippen molar-refractivity contribution < 1.29 is 28.7 Å². The lowest BCUT2D eigenvalue weighted by atomic mass is 9.98. The number of likely N-dealkylation sites (tertiary alicyclic amines) is 1. The summed E-state index contributed by atoms with van der Waals surface area (Å²) in [4.78, 5) is 68.3. The molecule has 0 spiro atoms. The Balaban J connectivity index is 2.10. The van der Waals surface area contributed by atoms with E-state index in [1.54, 1.807) is 39.1 Å². The minimum Gasteiger partial charge on any atom is -0.444 e.